The molecule has 0 bridgehead atoms. The van der Waals surface area contributed by atoms with E-state index in [1.165, 1.54) is 0 Å². The van der Waals surface area contributed by atoms with Crippen molar-refractivity contribution in [2.45, 2.75) is 60.7 Å². The predicted octanol–water partition coefficient (Wildman–Crippen LogP) is 7.60. The third-order valence-corrected chi connectivity index (χ3v) is 8.32. The highest BCUT2D eigenvalue weighted by Crippen LogP contribution is 2.70. The third kappa shape index (κ3) is 3.82. The van der Waals surface area contributed by atoms with E-state index >= 15 is 0 Å². The molecule has 26 heteroatoms. The molecule has 1 aliphatic rings. The van der Waals surface area contributed by atoms with Crippen LogP contribution in [-0.2, 0) is 14.3 Å². The van der Waals surface area contributed by atoms with Crippen molar-refractivity contribution in [3.05, 3.63) is 0 Å². The molecule has 0 aliphatic carbocycles. The molecular weight excluding hydrogens is 712 g/mol. The second-order valence-electron chi connectivity index (χ2n) is 6.74. The normalized spacial score (nSPS) is 29.8. The Kier molecular flexibility index (Phi) is 7.95. The van der Waals surface area contributed by atoms with Gasteiger partial charge in [0, 0.05) is 0 Å². The van der Waals surface area contributed by atoms with E-state index in [1.54, 1.807) is 0 Å². The zero-order chi connectivity index (χ0) is 30.7. The Balaban J connectivity index is 3.88. The Bertz CT molecular complexity index is 1040. The van der Waals surface area contributed by atoms with Crippen molar-refractivity contribution in [1.82, 2.24) is 0 Å². The van der Waals surface area contributed by atoms with E-state index in [1.807, 2.05) is 0 Å². The molecule has 1 rings (SSSR count). The maximum atomic E-state index is 14.4. The molecule has 222 valence electrons. The zero-order valence-corrected chi connectivity index (χ0v) is 20.0. The van der Waals surface area contributed by atoms with E-state index in [-0.39, 0.29) is 0 Å². The lowest BCUT2D eigenvalue weighted by Crippen LogP contribution is -2.81. The Morgan fingerprint density at radius 1 is 0.514 bits per heavy atom. The minimum atomic E-state index is -8.17. The van der Waals surface area contributed by atoms with Gasteiger partial charge in [0.25, 0.3) is 0 Å². The molecule has 1 heterocycles. The molecule has 0 amide bonds. The first-order chi connectivity index (χ1) is 15.5. The van der Waals surface area contributed by atoms with Gasteiger partial charge < -0.3 is 0 Å². The van der Waals surface area contributed by atoms with Crippen LogP contribution < -0.4 is 0 Å². The predicted molar refractivity (Wildman–Crippen MR) is 88.1 cm³/mol. The lowest BCUT2D eigenvalue weighted by molar-refractivity contribution is -0.373. The molecular formula is C11Cl5F17O3S. The smallest absolute Gasteiger partial charge is 0.212 e. The number of alkyl halides is 22. The molecule has 0 N–H and O–H groups in total. The highest BCUT2D eigenvalue weighted by atomic mass is 35.5. The van der Waals surface area contributed by atoms with E-state index in [0.29, 0.717) is 0 Å². The van der Waals surface area contributed by atoms with Crippen LogP contribution in [0.3, 0.4) is 0 Å². The minimum absolute atomic E-state index is 2.26. The number of hydrogen-bond acceptors (Lipinski definition) is 3. The first kappa shape index (κ1) is 35.2. The summed E-state index contributed by atoms with van der Waals surface area (Å²) in [5.74, 6) is -31.8. The number of halogens is 22. The lowest BCUT2D eigenvalue weighted by atomic mass is 9.89. The van der Waals surface area contributed by atoms with Gasteiger partial charge in [0.15, 0.2) is 0 Å². The van der Waals surface area contributed by atoms with Gasteiger partial charge in [0.2, 0.25) is 0 Å². The van der Waals surface area contributed by atoms with E-state index in [2.05, 4.69) is 62.2 Å². The molecule has 37 heavy (non-hydrogen) atoms. The summed E-state index contributed by atoms with van der Waals surface area (Å²) in [7, 11) is -7.26. The summed E-state index contributed by atoms with van der Waals surface area (Å²) >= 11 is 18.8. The van der Waals surface area contributed by atoms with Crippen molar-refractivity contribution in [2.24, 2.45) is 0 Å². The van der Waals surface area contributed by atoms with Gasteiger partial charge in [-0.05, 0) is 11.6 Å². The van der Waals surface area contributed by atoms with Crippen LogP contribution in [0.1, 0.15) is 0 Å². The molecule has 1 fully saturated rings. The molecule has 0 saturated carbocycles. The summed E-state index contributed by atoms with van der Waals surface area (Å²) in [5.41, 5.74) is 0. The van der Waals surface area contributed by atoms with Crippen LogP contribution in [0.25, 0.3) is 0 Å². The van der Waals surface area contributed by atoms with Crippen LogP contribution in [-0.4, -0.2) is 69.1 Å². The summed E-state index contributed by atoms with van der Waals surface area (Å²) in [5, 5.41) is -43.3. The van der Waals surface area contributed by atoms with Crippen molar-refractivity contribution in [3.63, 3.8) is 0 Å². The van der Waals surface area contributed by atoms with E-state index in [9.17, 15) is 83.1 Å². The van der Waals surface area contributed by atoms with Gasteiger partial charge in [-0.2, -0.15) is 65.3 Å². The molecule has 5 atom stereocenters. The van der Waals surface area contributed by atoms with Crippen LogP contribution in [0, 0.1) is 0 Å². The van der Waals surface area contributed by atoms with Crippen LogP contribution >= 0.6 is 58.0 Å². The summed E-state index contributed by atoms with van der Waals surface area (Å²) in [6.07, 6.45) is -6.58. The summed E-state index contributed by atoms with van der Waals surface area (Å²) in [6.45, 7) is 0. The molecule has 0 aromatic carbocycles. The second kappa shape index (κ2) is 8.36. The van der Waals surface area contributed by atoms with Crippen LogP contribution in [0.2, 0.25) is 0 Å². The highest BCUT2D eigenvalue weighted by Gasteiger charge is 2.99. The van der Waals surface area contributed by atoms with Crippen molar-refractivity contribution >= 4 is 68.1 Å². The summed E-state index contributed by atoms with van der Waals surface area (Å²) < 4.78 is 259. The Hall–Kier alpha value is 0.170. The fraction of sp³-hybridized carbons (Fsp3) is 1.00. The molecule has 1 saturated heterocycles. The van der Waals surface area contributed by atoms with E-state index < -0.39 is 70.8 Å². The van der Waals surface area contributed by atoms with Gasteiger partial charge in [-0.25, -0.2) is 22.0 Å². The molecule has 0 spiro atoms. The lowest BCUT2D eigenvalue weighted by Gasteiger charge is -2.50. The molecule has 0 aromatic rings. The van der Waals surface area contributed by atoms with Crippen molar-refractivity contribution in [3.8, 4) is 0 Å². The topological polar surface area (TPSA) is 43.4 Å². The Labute approximate surface area is 216 Å². The quantitative estimate of drug-likeness (QED) is 0.141. The van der Waals surface area contributed by atoms with Crippen molar-refractivity contribution < 1.29 is 87.2 Å². The molecule has 0 radical (unpaired) electrons. The maximum absolute atomic E-state index is 14.4. The Morgan fingerprint density at radius 3 is 1.03 bits per heavy atom. The van der Waals surface area contributed by atoms with Gasteiger partial charge >= 0.3 is 70.8 Å². The average molecular weight is 712 g/mol. The number of hydrogen-bond donors (Lipinski definition) is 0. The van der Waals surface area contributed by atoms with Crippen LogP contribution in [0.5, 0.6) is 0 Å². The van der Waals surface area contributed by atoms with Gasteiger partial charge in [0.05, 0.1) is 0 Å². The van der Waals surface area contributed by atoms with Crippen molar-refractivity contribution in [1.29, 1.82) is 0 Å². The average Bonchev–Trinajstić information content (AvgIpc) is 2.63. The minimum Gasteiger partial charge on any atom is -0.212 e. The SMILES string of the molecule is O=S1(=O)OC(F)(F)C1(F)C(F)(F)C(F)(Cl)C(F)(F)C(F)(Cl)C(F)(F)C(F)(Cl)C(F)(F)C(F)(Cl)C(F)(F)Cl. The molecule has 1 aliphatic heterocycles. The standard InChI is InChI=1S/C11Cl5F17O3S/c12-1(17,5(21,22)2(13,18)7(25,26)4(15,20)10(16,30)31)6(23,24)3(14,19)8(27,28)9(29)11(32,33)36-37(9,34)35. The molecule has 5 unspecified atom stereocenters. The van der Waals surface area contributed by atoms with E-state index in [0.717, 1.165) is 0 Å². The Morgan fingerprint density at radius 2 is 0.784 bits per heavy atom. The summed E-state index contributed by atoms with van der Waals surface area (Å²) in [4.78, 5) is 0. The van der Waals surface area contributed by atoms with Crippen molar-refractivity contribution in [2.75, 3.05) is 0 Å². The fourth-order valence-corrected chi connectivity index (χ4v) is 4.67. The van der Waals surface area contributed by atoms with Crippen LogP contribution in [0.15, 0.2) is 0 Å². The third-order valence-electron chi connectivity index (χ3n) is 4.45. The highest BCUT2D eigenvalue weighted by molar-refractivity contribution is 7.89. The summed E-state index contributed by atoms with van der Waals surface area (Å²) in [6, 6.07) is 0. The second-order valence-corrected chi connectivity index (χ2v) is 10.9. The van der Waals surface area contributed by atoms with Gasteiger partial charge in [0.1, 0.15) is 0 Å². The zero-order valence-electron chi connectivity index (χ0n) is 15.4. The number of rotatable bonds is 9. The fourth-order valence-electron chi connectivity index (χ4n) is 2.26. The first-order valence-electron chi connectivity index (χ1n) is 7.57. The van der Waals surface area contributed by atoms with Gasteiger partial charge in [-0.1, -0.05) is 46.4 Å². The maximum Gasteiger partial charge on any atom is 0.426 e. The first-order valence-corrected chi connectivity index (χ1v) is 10.9. The molecule has 0 aromatic heterocycles. The van der Waals surface area contributed by atoms with Crippen LogP contribution in [0.4, 0.5) is 74.6 Å². The van der Waals surface area contributed by atoms with E-state index in [4.69, 9.17) is 0 Å². The molecule has 3 nitrogen and oxygen atoms in total. The largest absolute Gasteiger partial charge is 0.426 e. The monoisotopic (exact) mass is 710 g/mol. The van der Waals surface area contributed by atoms with Gasteiger partial charge in [-0.3, -0.25) is 0 Å². The van der Waals surface area contributed by atoms with Gasteiger partial charge in [-0.15, -0.1) is 0 Å².